The van der Waals surface area contributed by atoms with E-state index >= 15 is 0 Å². The lowest BCUT2D eigenvalue weighted by atomic mass is 10.2. The Bertz CT molecular complexity index is 1550. The molecule has 1 fully saturated rings. The molecule has 18 heteroatoms. The summed E-state index contributed by atoms with van der Waals surface area (Å²) in [6.07, 6.45) is -3.82. The number of hydrogen-bond donors (Lipinski definition) is 3. The minimum absolute atomic E-state index is 0.00183. The van der Waals surface area contributed by atoms with Gasteiger partial charge in [-0.05, 0) is 32.9 Å². The van der Waals surface area contributed by atoms with Crippen molar-refractivity contribution in [3.05, 3.63) is 36.5 Å². The molecule has 0 radical (unpaired) electrons. The number of aromatic nitrogens is 4. The fraction of sp³-hybridized carbons (Fsp3) is 0.400. The van der Waals surface area contributed by atoms with Crippen LogP contribution in [-0.4, -0.2) is 79.8 Å². The van der Waals surface area contributed by atoms with Crippen molar-refractivity contribution in [2.45, 2.75) is 45.0 Å². The van der Waals surface area contributed by atoms with Crippen LogP contribution in [0.1, 0.15) is 37.7 Å². The highest BCUT2D eigenvalue weighted by Crippen LogP contribution is 2.30. The van der Waals surface area contributed by atoms with Gasteiger partial charge in [0.25, 0.3) is 5.91 Å². The first-order chi connectivity index (χ1) is 20.0. The van der Waals surface area contributed by atoms with Crippen molar-refractivity contribution in [2.24, 2.45) is 7.05 Å². The largest absolute Gasteiger partial charge is 0.465 e. The second kappa shape index (κ2) is 11.6. The molecule has 43 heavy (non-hydrogen) atoms. The maximum Gasteiger partial charge on any atom is 0.416 e. The summed E-state index contributed by atoms with van der Waals surface area (Å²) < 4.78 is 51.7. The number of alkyl halides is 3. The molecule has 0 aliphatic carbocycles. The van der Waals surface area contributed by atoms with Crippen LogP contribution >= 0.6 is 0 Å². The number of carbonyl (C=O) groups excluding carboxylic acids is 3. The zero-order valence-corrected chi connectivity index (χ0v) is 23.3. The molecule has 4 amide bonds. The monoisotopic (exact) mass is 608 g/mol. The highest BCUT2D eigenvalue weighted by molar-refractivity contribution is 6.06. The van der Waals surface area contributed by atoms with Gasteiger partial charge in [-0.1, -0.05) is 0 Å². The fourth-order valence-corrected chi connectivity index (χ4v) is 4.08. The van der Waals surface area contributed by atoms with E-state index in [0.717, 1.165) is 18.5 Å². The zero-order valence-electron chi connectivity index (χ0n) is 23.3. The molecule has 3 aromatic rings. The molecule has 230 valence electrons. The van der Waals surface area contributed by atoms with E-state index in [1.807, 2.05) is 0 Å². The highest BCUT2D eigenvalue weighted by Gasteiger charge is 2.37. The van der Waals surface area contributed by atoms with E-state index < -0.39 is 48.4 Å². The van der Waals surface area contributed by atoms with Gasteiger partial charge >= 0.3 is 18.4 Å². The third kappa shape index (κ3) is 7.77. The molecule has 3 aromatic heterocycles. The lowest BCUT2D eigenvalue weighted by molar-refractivity contribution is -0.120. The van der Waals surface area contributed by atoms with Gasteiger partial charge in [0.15, 0.2) is 11.5 Å². The van der Waals surface area contributed by atoms with Crippen LogP contribution in [0.3, 0.4) is 0 Å². The molecule has 1 aliphatic heterocycles. The second-order valence-corrected chi connectivity index (χ2v) is 10.5. The second-order valence-electron chi connectivity index (χ2n) is 10.5. The van der Waals surface area contributed by atoms with Crippen LogP contribution in [-0.2, 0) is 16.6 Å². The SMILES string of the molecule is Cn1cc(NC(=O)c2coc(-c3ccnc(N(CC(F)(F)F)C(=O)OC(C)(C)C)c3)n2)c(N2C[C@@H](NC(=O)O)CC2=O)n1. The Hall–Kier alpha value is -5.16. The van der Waals surface area contributed by atoms with Crippen LogP contribution < -0.4 is 20.4 Å². The van der Waals surface area contributed by atoms with Gasteiger partial charge in [0.1, 0.15) is 29.9 Å². The Labute approximate surface area is 241 Å². The predicted molar refractivity (Wildman–Crippen MR) is 142 cm³/mol. The Morgan fingerprint density at radius 3 is 2.63 bits per heavy atom. The summed E-state index contributed by atoms with van der Waals surface area (Å²) in [6, 6.07) is 1.82. The van der Waals surface area contributed by atoms with Crippen molar-refractivity contribution in [3.8, 4) is 11.5 Å². The Morgan fingerprint density at radius 1 is 1.26 bits per heavy atom. The molecule has 0 unspecified atom stereocenters. The molecule has 15 nitrogen and oxygen atoms in total. The number of anilines is 3. The van der Waals surface area contributed by atoms with Gasteiger partial charge in [-0.2, -0.15) is 18.3 Å². The third-order valence-corrected chi connectivity index (χ3v) is 5.72. The molecule has 1 atom stereocenters. The van der Waals surface area contributed by atoms with Crippen LogP contribution in [0.25, 0.3) is 11.5 Å². The molecule has 3 N–H and O–H groups in total. The molecule has 4 heterocycles. The smallest absolute Gasteiger partial charge is 0.416 e. The summed E-state index contributed by atoms with van der Waals surface area (Å²) in [5.41, 5.74) is -1.05. The normalized spacial score (nSPS) is 15.4. The molecule has 0 saturated carbocycles. The summed E-state index contributed by atoms with van der Waals surface area (Å²) >= 11 is 0. The number of carboxylic acid groups (broad SMARTS) is 1. The average Bonchev–Trinajstić information content (AvgIpc) is 3.59. The van der Waals surface area contributed by atoms with Crippen LogP contribution in [0, 0.1) is 0 Å². The Balaban J connectivity index is 1.54. The van der Waals surface area contributed by atoms with Gasteiger partial charge in [-0.3, -0.25) is 24.1 Å². The number of hydrogen-bond acceptors (Lipinski definition) is 9. The van der Waals surface area contributed by atoms with Crippen molar-refractivity contribution in [1.82, 2.24) is 25.1 Å². The summed E-state index contributed by atoms with van der Waals surface area (Å²) in [4.78, 5) is 58.6. The topological polar surface area (TPSA) is 185 Å². The van der Waals surface area contributed by atoms with Crippen molar-refractivity contribution in [3.63, 3.8) is 0 Å². The molecule has 1 aliphatic rings. The average molecular weight is 609 g/mol. The minimum Gasteiger partial charge on any atom is -0.465 e. The molecular formula is C25H27F3N8O7. The Morgan fingerprint density at radius 2 is 1.98 bits per heavy atom. The first kappa shape index (κ1) is 30.8. The number of rotatable bonds is 7. The van der Waals surface area contributed by atoms with E-state index in [1.54, 1.807) is 7.05 Å². The van der Waals surface area contributed by atoms with E-state index in [2.05, 4.69) is 25.7 Å². The number of amides is 4. The van der Waals surface area contributed by atoms with Gasteiger partial charge in [0.05, 0.1) is 12.2 Å². The van der Waals surface area contributed by atoms with E-state index in [9.17, 15) is 32.3 Å². The maximum atomic E-state index is 13.3. The Kier molecular flexibility index (Phi) is 8.31. The number of carbonyl (C=O) groups is 4. The van der Waals surface area contributed by atoms with Gasteiger partial charge < -0.3 is 24.9 Å². The third-order valence-electron chi connectivity index (χ3n) is 5.72. The van der Waals surface area contributed by atoms with Crippen molar-refractivity contribution >= 4 is 41.3 Å². The standard InChI is InChI=1S/C25H27F3N8O7/c1-24(2,3)43-23(41)36(12-25(26,27)28)17-7-13(5-6-29-17)21-32-16(11-42-21)20(38)31-15-10-34(4)33-19(15)35-9-14(8-18(35)37)30-22(39)40/h5-7,10-11,14,30H,8-9,12H2,1-4H3,(H,31,38)(H,39,40)/t14-/m0/s1. The number of nitrogens with zero attached hydrogens (tertiary/aromatic N) is 6. The van der Waals surface area contributed by atoms with Gasteiger partial charge in [0.2, 0.25) is 11.8 Å². The highest BCUT2D eigenvalue weighted by atomic mass is 19.4. The molecular weight excluding hydrogens is 581 g/mol. The van der Waals surface area contributed by atoms with Crippen LogP contribution in [0.15, 0.2) is 35.2 Å². The van der Waals surface area contributed by atoms with Crippen LogP contribution in [0.2, 0.25) is 0 Å². The van der Waals surface area contributed by atoms with Crippen molar-refractivity contribution < 1.29 is 46.6 Å². The molecule has 0 aromatic carbocycles. The lowest BCUT2D eigenvalue weighted by Gasteiger charge is -2.27. The van der Waals surface area contributed by atoms with Crippen molar-refractivity contribution in [1.29, 1.82) is 0 Å². The van der Waals surface area contributed by atoms with Gasteiger partial charge in [0, 0.05) is 31.8 Å². The summed E-state index contributed by atoms with van der Waals surface area (Å²) in [5, 5.41) is 18.0. The number of halogens is 3. The minimum atomic E-state index is -4.76. The number of aryl methyl sites for hydroxylation is 1. The van der Waals surface area contributed by atoms with Gasteiger partial charge in [-0.25, -0.2) is 19.6 Å². The van der Waals surface area contributed by atoms with E-state index in [0.29, 0.717) is 4.90 Å². The zero-order chi connectivity index (χ0) is 31.7. The molecule has 1 saturated heterocycles. The number of oxazole rings is 1. The first-order valence-electron chi connectivity index (χ1n) is 12.6. The quantitative estimate of drug-likeness (QED) is 0.359. The van der Waals surface area contributed by atoms with E-state index in [1.165, 1.54) is 42.6 Å². The van der Waals surface area contributed by atoms with E-state index in [4.69, 9.17) is 14.3 Å². The number of pyridine rings is 1. The molecule has 0 spiro atoms. The first-order valence-corrected chi connectivity index (χ1v) is 12.6. The predicted octanol–water partition coefficient (Wildman–Crippen LogP) is 3.40. The molecule has 0 bridgehead atoms. The van der Waals surface area contributed by atoms with Crippen LogP contribution in [0.5, 0.6) is 0 Å². The van der Waals surface area contributed by atoms with Gasteiger partial charge in [-0.15, -0.1) is 0 Å². The number of nitrogens with one attached hydrogen (secondary N) is 2. The number of ether oxygens (including phenoxy) is 1. The maximum absolute atomic E-state index is 13.3. The summed E-state index contributed by atoms with van der Waals surface area (Å²) in [7, 11) is 1.56. The van der Waals surface area contributed by atoms with Crippen LogP contribution in [0.4, 0.5) is 40.1 Å². The molecule has 4 rings (SSSR count). The lowest BCUT2D eigenvalue weighted by Crippen LogP contribution is -2.42. The summed E-state index contributed by atoms with van der Waals surface area (Å²) in [6.45, 7) is 2.84. The fourth-order valence-electron chi connectivity index (χ4n) is 4.08. The van der Waals surface area contributed by atoms with E-state index in [-0.39, 0.29) is 47.4 Å². The summed E-state index contributed by atoms with van der Waals surface area (Å²) in [5.74, 6) is -1.63. The van der Waals surface area contributed by atoms with Crippen molar-refractivity contribution in [2.75, 3.05) is 28.2 Å².